The minimum Gasteiger partial charge on any atom is -0.307 e. The van der Waals surface area contributed by atoms with Crippen molar-refractivity contribution in [3.63, 3.8) is 0 Å². The zero-order valence-electron chi connectivity index (χ0n) is 15.8. The lowest BCUT2D eigenvalue weighted by molar-refractivity contribution is -0.123. The molecule has 2 nitrogen and oxygen atoms in total. The van der Waals surface area contributed by atoms with Gasteiger partial charge in [0, 0.05) is 24.1 Å². The van der Waals surface area contributed by atoms with E-state index < -0.39 is 40.0 Å². The second-order valence-corrected chi connectivity index (χ2v) is 6.91. The van der Waals surface area contributed by atoms with E-state index in [4.69, 9.17) is 0 Å². The maximum absolute atomic E-state index is 14.8. The van der Waals surface area contributed by atoms with E-state index in [9.17, 15) is 22.4 Å². The number of halogens is 4. The Morgan fingerprint density at radius 3 is 2.00 bits per heavy atom. The molecule has 0 amide bonds. The largest absolute Gasteiger partial charge is 0.307 e. The predicted molar refractivity (Wildman–Crippen MR) is 96.6 cm³/mol. The van der Waals surface area contributed by atoms with E-state index in [1.165, 1.54) is 0 Å². The standard InChI is InChI=1S/C21H23F4NO/c1-5-17(27)21(12-13(2)26(3)4,14-9-7-6-8-10-14)18-19(24)15(22)11-16(23)20(18)25/h6-11,13H,5,12H2,1-4H3/t13-,21?/m0/s1. The molecule has 2 rings (SSSR count). The molecule has 0 aliphatic heterocycles. The molecular weight excluding hydrogens is 358 g/mol. The van der Waals surface area contributed by atoms with Gasteiger partial charge in [-0.2, -0.15) is 0 Å². The summed E-state index contributed by atoms with van der Waals surface area (Å²) in [7, 11) is 3.52. The van der Waals surface area contributed by atoms with Gasteiger partial charge < -0.3 is 4.90 Å². The van der Waals surface area contributed by atoms with Crippen LogP contribution in [0.1, 0.15) is 37.8 Å². The maximum Gasteiger partial charge on any atom is 0.166 e. The molecule has 0 radical (unpaired) electrons. The van der Waals surface area contributed by atoms with E-state index in [2.05, 4.69) is 0 Å². The van der Waals surface area contributed by atoms with Crippen LogP contribution in [0.4, 0.5) is 17.6 Å². The Morgan fingerprint density at radius 2 is 1.56 bits per heavy atom. The number of nitrogens with zero attached hydrogens (tertiary/aromatic N) is 1. The summed E-state index contributed by atoms with van der Waals surface area (Å²) in [5, 5.41) is 0. The molecule has 0 aliphatic rings. The van der Waals surface area contributed by atoms with Gasteiger partial charge in [0.05, 0.1) is 5.41 Å². The average molecular weight is 381 g/mol. The summed E-state index contributed by atoms with van der Waals surface area (Å²) in [6, 6.07) is 7.91. The van der Waals surface area contributed by atoms with Gasteiger partial charge in [-0.1, -0.05) is 37.3 Å². The highest BCUT2D eigenvalue weighted by atomic mass is 19.2. The number of carbonyl (C=O) groups is 1. The molecule has 2 aromatic rings. The van der Waals surface area contributed by atoms with Crippen LogP contribution in [0.25, 0.3) is 0 Å². The Hall–Kier alpha value is -2.21. The Morgan fingerprint density at radius 1 is 1.04 bits per heavy atom. The van der Waals surface area contributed by atoms with E-state index in [0.29, 0.717) is 5.56 Å². The van der Waals surface area contributed by atoms with Crippen LogP contribution >= 0.6 is 0 Å². The van der Waals surface area contributed by atoms with Crippen LogP contribution in [0.3, 0.4) is 0 Å². The van der Waals surface area contributed by atoms with Crippen molar-refractivity contribution in [3.8, 4) is 0 Å². The van der Waals surface area contributed by atoms with Gasteiger partial charge in [0.15, 0.2) is 23.3 Å². The van der Waals surface area contributed by atoms with E-state index in [-0.39, 0.29) is 24.9 Å². The molecular formula is C21H23F4NO. The van der Waals surface area contributed by atoms with Crippen LogP contribution in [-0.4, -0.2) is 30.8 Å². The number of carbonyl (C=O) groups excluding carboxylic acids is 1. The molecule has 0 N–H and O–H groups in total. The van der Waals surface area contributed by atoms with Crippen molar-refractivity contribution in [1.29, 1.82) is 0 Å². The van der Waals surface area contributed by atoms with Gasteiger partial charge in [0.25, 0.3) is 0 Å². The smallest absolute Gasteiger partial charge is 0.166 e. The quantitative estimate of drug-likeness (QED) is 0.505. The van der Waals surface area contributed by atoms with E-state index in [1.807, 2.05) is 0 Å². The van der Waals surface area contributed by atoms with Gasteiger partial charge in [-0.3, -0.25) is 4.79 Å². The maximum atomic E-state index is 14.8. The van der Waals surface area contributed by atoms with Gasteiger partial charge in [0.2, 0.25) is 0 Å². The summed E-state index contributed by atoms with van der Waals surface area (Å²) in [5.74, 6) is -6.63. The molecule has 0 saturated carbocycles. The minimum atomic E-state index is -1.85. The lowest BCUT2D eigenvalue weighted by Gasteiger charge is -2.38. The SMILES string of the molecule is CCC(=O)C(C[C@H](C)N(C)C)(c1ccccc1)c1c(F)c(F)cc(F)c1F. The Balaban J connectivity index is 2.94. The highest BCUT2D eigenvalue weighted by Gasteiger charge is 2.47. The summed E-state index contributed by atoms with van der Waals surface area (Å²) < 4.78 is 57.7. The van der Waals surface area contributed by atoms with Crippen LogP contribution in [0.15, 0.2) is 36.4 Å². The lowest BCUT2D eigenvalue weighted by Crippen LogP contribution is -2.44. The third kappa shape index (κ3) is 3.76. The van der Waals surface area contributed by atoms with Crippen LogP contribution in [0, 0.1) is 23.3 Å². The molecule has 2 aromatic carbocycles. The normalized spacial score (nSPS) is 14.9. The zero-order valence-corrected chi connectivity index (χ0v) is 15.8. The molecule has 0 bridgehead atoms. The fourth-order valence-corrected chi connectivity index (χ4v) is 3.38. The van der Waals surface area contributed by atoms with Gasteiger partial charge >= 0.3 is 0 Å². The molecule has 0 heterocycles. The van der Waals surface area contributed by atoms with Crippen LogP contribution in [0.5, 0.6) is 0 Å². The van der Waals surface area contributed by atoms with Crippen molar-refractivity contribution in [2.75, 3.05) is 14.1 Å². The van der Waals surface area contributed by atoms with Crippen LogP contribution < -0.4 is 0 Å². The topological polar surface area (TPSA) is 20.3 Å². The van der Waals surface area contributed by atoms with Gasteiger partial charge in [-0.05, 0) is 33.0 Å². The number of benzene rings is 2. The monoisotopic (exact) mass is 381 g/mol. The van der Waals surface area contributed by atoms with E-state index in [0.717, 1.165) is 0 Å². The fraction of sp³-hybridized carbons (Fsp3) is 0.381. The summed E-state index contributed by atoms with van der Waals surface area (Å²) in [6.45, 7) is 3.35. The van der Waals surface area contributed by atoms with Crippen molar-refractivity contribution in [2.24, 2.45) is 0 Å². The van der Waals surface area contributed by atoms with E-state index in [1.54, 1.807) is 63.2 Å². The molecule has 146 valence electrons. The lowest BCUT2D eigenvalue weighted by atomic mass is 9.66. The van der Waals surface area contributed by atoms with Crippen LogP contribution in [0.2, 0.25) is 0 Å². The fourth-order valence-electron chi connectivity index (χ4n) is 3.38. The summed E-state index contributed by atoms with van der Waals surface area (Å²) in [6.07, 6.45) is -0.0839. The first-order valence-corrected chi connectivity index (χ1v) is 8.75. The van der Waals surface area contributed by atoms with Crippen molar-refractivity contribution in [1.82, 2.24) is 4.90 Å². The van der Waals surface area contributed by atoms with Crippen LogP contribution in [-0.2, 0) is 10.2 Å². The molecule has 6 heteroatoms. The number of Topliss-reactive ketones (excluding diaryl/α,β-unsaturated/α-hetero) is 1. The van der Waals surface area contributed by atoms with Crippen molar-refractivity contribution in [2.45, 2.75) is 38.1 Å². The molecule has 0 fully saturated rings. The minimum absolute atomic E-state index is 0.0343. The summed E-state index contributed by atoms with van der Waals surface area (Å²) in [4.78, 5) is 14.9. The Bertz CT molecular complexity index is 796. The highest BCUT2D eigenvalue weighted by Crippen LogP contribution is 2.43. The first kappa shape index (κ1) is 21.1. The predicted octanol–water partition coefficient (Wildman–Crippen LogP) is 4.85. The molecule has 0 aliphatic carbocycles. The van der Waals surface area contributed by atoms with E-state index >= 15 is 0 Å². The van der Waals surface area contributed by atoms with Crippen molar-refractivity contribution < 1.29 is 22.4 Å². The summed E-state index contributed by atoms with van der Waals surface area (Å²) in [5.41, 5.74) is -2.42. The molecule has 0 aromatic heterocycles. The first-order chi connectivity index (χ1) is 12.7. The number of hydrogen-bond acceptors (Lipinski definition) is 2. The first-order valence-electron chi connectivity index (χ1n) is 8.75. The van der Waals surface area contributed by atoms with Gasteiger partial charge in [-0.15, -0.1) is 0 Å². The second kappa shape index (κ2) is 8.21. The molecule has 0 saturated heterocycles. The number of rotatable bonds is 7. The number of hydrogen-bond donors (Lipinski definition) is 0. The number of ketones is 1. The second-order valence-electron chi connectivity index (χ2n) is 6.91. The van der Waals surface area contributed by atoms with Crippen molar-refractivity contribution in [3.05, 3.63) is 70.8 Å². The molecule has 2 atom stereocenters. The van der Waals surface area contributed by atoms with Gasteiger partial charge in [-0.25, -0.2) is 17.6 Å². The zero-order chi connectivity index (χ0) is 20.4. The molecule has 27 heavy (non-hydrogen) atoms. The molecule has 0 spiro atoms. The highest BCUT2D eigenvalue weighted by molar-refractivity contribution is 5.94. The van der Waals surface area contributed by atoms with Gasteiger partial charge in [0.1, 0.15) is 5.78 Å². The van der Waals surface area contributed by atoms with Crippen molar-refractivity contribution >= 4 is 5.78 Å². The Labute approximate surface area is 156 Å². The average Bonchev–Trinajstić information content (AvgIpc) is 2.65. The summed E-state index contributed by atoms with van der Waals surface area (Å²) >= 11 is 0. The Kier molecular flexibility index (Phi) is 6.42. The third-order valence-corrected chi connectivity index (χ3v) is 5.09. The third-order valence-electron chi connectivity index (χ3n) is 5.09. The molecule has 1 unspecified atom stereocenters.